The predicted octanol–water partition coefficient (Wildman–Crippen LogP) is 5.14. The van der Waals surface area contributed by atoms with Gasteiger partial charge in [-0.1, -0.05) is 65.6 Å². The summed E-state index contributed by atoms with van der Waals surface area (Å²) < 4.78 is 6.62. The highest BCUT2D eigenvalue weighted by molar-refractivity contribution is 8.01. The number of hydrogen-bond acceptors (Lipinski definition) is 6. The van der Waals surface area contributed by atoms with E-state index in [2.05, 4.69) is 64.9 Å². The van der Waals surface area contributed by atoms with Gasteiger partial charge in [0.2, 0.25) is 5.13 Å². The van der Waals surface area contributed by atoms with E-state index in [4.69, 9.17) is 4.74 Å². The van der Waals surface area contributed by atoms with Gasteiger partial charge in [-0.05, 0) is 36.1 Å². The molecule has 4 rings (SSSR count). The Labute approximate surface area is 156 Å². The lowest BCUT2D eigenvalue weighted by molar-refractivity contribution is 0.120. The van der Waals surface area contributed by atoms with Crippen molar-refractivity contribution < 1.29 is 4.74 Å². The molecule has 1 saturated heterocycles. The van der Waals surface area contributed by atoms with Crippen LogP contribution in [0.1, 0.15) is 30.6 Å². The Bertz CT molecular complexity index is 845. The van der Waals surface area contributed by atoms with Crippen molar-refractivity contribution in [2.24, 2.45) is 0 Å². The van der Waals surface area contributed by atoms with E-state index in [0.717, 1.165) is 35.5 Å². The van der Waals surface area contributed by atoms with E-state index >= 15 is 0 Å². The molecule has 2 aromatic carbocycles. The van der Waals surface area contributed by atoms with Crippen LogP contribution in [0, 0.1) is 0 Å². The van der Waals surface area contributed by atoms with Crippen LogP contribution in [-0.2, 0) is 4.74 Å². The molecule has 3 aromatic rings. The SMILES string of the molecule is CC(Sc1nnc(NCC2CCCO2)s1)c1ccc2ccccc2c1. The molecular weight excluding hydrogens is 350 g/mol. The lowest BCUT2D eigenvalue weighted by atomic mass is 10.1. The van der Waals surface area contributed by atoms with Crippen LogP contribution in [0.5, 0.6) is 0 Å². The third kappa shape index (κ3) is 4.14. The highest BCUT2D eigenvalue weighted by Crippen LogP contribution is 2.38. The fourth-order valence-electron chi connectivity index (χ4n) is 3.02. The standard InChI is InChI=1S/C19H21N3OS2/c1-13(15-9-8-14-5-2-3-6-16(14)11-15)24-19-22-21-18(25-19)20-12-17-7-4-10-23-17/h2-3,5-6,8-9,11,13,17H,4,7,10,12H2,1H3,(H,20,21). The Morgan fingerprint density at radius 2 is 2.12 bits per heavy atom. The van der Waals surface area contributed by atoms with Crippen LogP contribution >= 0.6 is 23.1 Å². The topological polar surface area (TPSA) is 47.0 Å². The summed E-state index contributed by atoms with van der Waals surface area (Å²) in [5, 5.41) is 15.7. The molecule has 1 fully saturated rings. The first-order valence-corrected chi connectivity index (χ1v) is 10.3. The van der Waals surface area contributed by atoms with Crippen LogP contribution in [0.4, 0.5) is 5.13 Å². The quantitative estimate of drug-likeness (QED) is 0.608. The molecule has 0 radical (unpaired) electrons. The lowest BCUT2D eigenvalue weighted by Gasteiger charge is -2.10. The minimum Gasteiger partial charge on any atom is -0.376 e. The fraction of sp³-hybridized carbons (Fsp3) is 0.368. The highest BCUT2D eigenvalue weighted by Gasteiger charge is 2.16. The maximum atomic E-state index is 5.63. The summed E-state index contributed by atoms with van der Waals surface area (Å²) in [5.74, 6) is 0. The van der Waals surface area contributed by atoms with Crippen LogP contribution in [0.25, 0.3) is 10.8 Å². The summed E-state index contributed by atoms with van der Waals surface area (Å²) in [6, 6.07) is 15.1. The molecule has 0 amide bonds. The highest BCUT2D eigenvalue weighted by atomic mass is 32.2. The van der Waals surface area contributed by atoms with Gasteiger partial charge in [-0.3, -0.25) is 0 Å². The van der Waals surface area contributed by atoms with Crippen molar-refractivity contribution in [2.75, 3.05) is 18.5 Å². The molecular formula is C19H21N3OS2. The monoisotopic (exact) mass is 371 g/mol. The summed E-state index contributed by atoms with van der Waals surface area (Å²) >= 11 is 3.37. The van der Waals surface area contributed by atoms with Crippen molar-refractivity contribution in [1.82, 2.24) is 10.2 Å². The second kappa shape index (κ2) is 7.72. The van der Waals surface area contributed by atoms with Crippen molar-refractivity contribution in [3.8, 4) is 0 Å². The second-order valence-corrected chi connectivity index (χ2v) is 8.82. The molecule has 1 aliphatic heterocycles. The number of benzene rings is 2. The van der Waals surface area contributed by atoms with E-state index in [1.807, 2.05) is 0 Å². The molecule has 2 heterocycles. The third-order valence-electron chi connectivity index (χ3n) is 4.43. The second-order valence-electron chi connectivity index (χ2n) is 6.26. The number of aromatic nitrogens is 2. The molecule has 1 N–H and O–H groups in total. The van der Waals surface area contributed by atoms with Crippen molar-refractivity contribution in [1.29, 1.82) is 0 Å². The van der Waals surface area contributed by atoms with Gasteiger partial charge in [-0.25, -0.2) is 0 Å². The number of ether oxygens (including phenoxy) is 1. The van der Waals surface area contributed by atoms with Crippen molar-refractivity contribution in [3.05, 3.63) is 48.0 Å². The van der Waals surface area contributed by atoms with Gasteiger partial charge in [0.05, 0.1) is 6.10 Å². The van der Waals surface area contributed by atoms with E-state index in [1.165, 1.54) is 16.3 Å². The van der Waals surface area contributed by atoms with Gasteiger partial charge >= 0.3 is 0 Å². The molecule has 6 heteroatoms. The molecule has 4 nitrogen and oxygen atoms in total. The average Bonchev–Trinajstić information content (AvgIpc) is 3.31. The first kappa shape index (κ1) is 16.8. The van der Waals surface area contributed by atoms with Crippen molar-refractivity contribution >= 4 is 39.0 Å². The Morgan fingerprint density at radius 3 is 2.96 bits per heavy atom. The summed E-state index contributed by atoms with van der Waals surface area (Å²) in [5.41, 5.74) is 1.31. The molecule has 130 valence electrons. The van der Waals surface area contributed by atoms with Gasteiger partial charge in [0, 0.05) is 18.4 Å². The molecule has 2 atom stereocenters. The number of anilines is 1. The first-order valence-electron chi connectivity index (χ1n) is 8.62. The smallest absolute Gasteiger partial charge is 0.206 e. The summed E-state index contributed by atoms with van der Waals surface area (Å²) in [6.07, 6.45) is 2.61. The predicted molar refractivity (Wildman–Crippen MR) is 106 cm³/mol. The number of thioether (sulfide) groups is 1. The average molecular weight is 372 g/mol. The Hall–Kier alpha value is -1.63. The van der Waals surface area contributed by atoms with E-state index in [0.29, 0.717) is 11.4 Å². The lowest BCUT2D eigenvalue weighted by Crippen LogP contribution is -2.18. The van der Waals surface area contributed by atoms with E-state index in [1.54, 1.807) is 23.1 Å². The zero-order chi connectivity index (χ0) is 17.1. The third-order valence-corrected chi connectivity index (χ3v) is 6.56. The van der Waals surface area contributed by atoms with Gasteiger partial charge in [-0.15, -0.1) is 10.2 Å². The summed E-state index contributed by atoms with van der Waals surface area (Å²) in [7, 11) is 0. The Morgan fingerprint density at radius 1 is 1.24 bits per heavy atom. The van der Waals surface area contributed by atoms with E-state index in [-0.39, 0.29) is 0 Å². The molecule has 0 spiro atoms. The van der Waals surface area contributed by atoms with E-state index in [9.17, 15) is 0 Å². The largest absolute Gasteiger partial charge is 0.376 e. The van der Waals surface area contributed by atoms with Crippen LogP contribution < -0.4 is 5.32 Å². The molecule has 0 bridgehead atoms. The number of rotatable bonds is 6. The maximum Gasteiger partial charge on any atom is 0.206 e. The van der Waals surface area contributed by atoms with Crippen LogP contribution in [0.2, 0.25) is 0 Å². The van der Waals surface area contributed by atoms with Crippen LogP contribution in [0.3, 0.4) is 0 Å². The van der Waals surface area contributed by atoms with Gasteiger partial charge in [0.15, 0.2) is 4.34 Å². The molecule has 1 aromatic heterocycles. The van der Waals surface area contributed by atoms with Crippen LogP contribution in [-0.4, -0.2) is 29.5 Å². The molecule has 0 aliphatic carbocycles. The Balaban J connectivity index is 1.38. The molecule has 2 unspecified atom stereocenters. The normalized spacial score (nSPS) is 18.5. The number of fused-ring (bicyclic) bond motifs is 1. The fourth-order valence-corrected chi connectivity index (χ4v) is 5.03. The minimum absolute atomic E-state index is 0.316. The van der Waals surface area contributed by atoms with E-state index < -0.39 is 0 Å². The number of hydrogen-bond donors (Lipinski definition) is 1. The minimum atomic E-state index is 0.316. The molecule has 1 aliphatic rings. The Kier molecular flexibility index (Phi) is 5.20. The number of nitrogens with zero attached hydrogens (tertiary/aromatic N) is 2. The van der Waals surface area contributed by atoms with Gasteiger partial charge in [-0.2, -0.15) is 0 Å². The summed E-state index contributed by atoms with van der Waals surface area (Å²) in [4.78, 5) is 0. The zero-order valence-electron chi connectivity index (χ0n) is 14.1. The maximum absolute atomic E-state index is 5.63. The van der Waals surface area contributed by atoms with Crippen molar-refractivity contribution in [2.45, 2.75) is 35.5 Å². The molecule has 25 heavy (non-hydrogen) atoms. The number of nitrogens with one attached hydrogen (secondary N) is 1. The summed E-state index contributed by atoms with van der Waals surface area (Å²) in [6.45, 7) is 3.92. The zero-order valence-corrected chi connectivity index (χ0v) is 15.8. The van der Waals surface area contributed by atoms with Gasteiger partial charge in [0.25, 0.3) is 0 Å². The van der Waals surface area contributed by atoms with Gasteiger partial charge < -0.3 is 10.1 Å². The molecule has 0 saturated carbocycles. The first-order chi connectivity index (χ1) is 12.3. The van der Waals surface area contributed by atoms with Crippen molar-refractivity contribution in [3.63, 3.8) is 0 Å². The van der Waals surface area contributed by atoms with Crippen LogP contribution in [0.15, 0.2) is 46.8 Å². The van der Waals surface area contributed by atoms with Gasteiger partial charge in [0.1, 0.15) is 0 Å².